The van der Waals surface area contributed by atoms with E-state index in [0.717, 1.165) is 0 Å². The Morgan fingerprint density at radius 1 is 0.889 bits per heavy atom. The van der Waals surface area contributed by atoms with Crippen LogP contribution in [0.1, 0.15) is 11.4 Å². The molecule has 96 valence electrons. The molecule has 0 aliphatic rings. The lowest BCUT2D eigenvalue weighted by Gasteiger charge is -2.04. The lowest BCUT2D eigenvalue weighted by molar-refractivity contribution is 0.243. The van der Waals surface area contributed by atoms with E-state index in [4.69, 9.17) is 15.1 Å². The molecule has 0 heterocycles. The van der Waals surface area contributed by atoms with Gasteiger partial charge in [0.2, 0.25) is 8.03 Å². The second-order valence-corrected chi connectivity index (χ2v) is 4.71. The van der Waals surface area contributed by atoms with Crippen molar-refractivity contribution in [3.05, 3.63) is 66.2 Å². The van der Waals surface area contributed by atoms with Crippen LogP contribution in [0.4, 0.5) is 0 Å². The second-order valence-electron chi connectivity index (χ2n) is 3.49. The van der Waals surface area contributed by atoms with Gasteiger partial charge in [-0.1, -0.05) is 48.5 Å². The van der Waals surface area contributed by atoms with Gasteiger partial charge in [-0.15, -0.1) is 0 Å². The van der Waals surface area contributed by atoms with E-state index in [2.05, 4.69) is 0 Å². The molecule has 0 aromatic heterocycles. The molecule has 18 heavy (non-hydrogen) atoms. The number of aromatic hydroxyl groups is 1. The van der Waals surface area contributed by atoms with Crippen LogP contribution in [0.25, 0.3) is 0 Å². The van der Waals surface area contributed by atoms with Gasteiger partial charge in [0.15, 0.2) is 5.85 Å². The Morgan fingerprint density at radius 3 is 1.67 bits per heavy atom. The Morgan fingerprint density at radius 2 is 1.33 bits per heavy atom. The topological polar surface area (TPSA) is 77.8 Å². The highest BCUT2D eigenvalue weighted by Gasteiger charge is 2.10. The summed E-state index contributed by atoms with van der Waals surface area (Å²) >= 11 is 0. The first-order chi connectivity index (χ1) is 8.61. The van der Waals surface area contributed by atoms with Gasteiger partial charge in [-0.2, -0.15) is 0 Å². The molecule has 0 aliphatic heterocycles. The average molecular weight is 266 g/mol. The molecule has 2 atom stereocenters. The average Bonchev–Trinajstić information content (AvgIpc) is 2.40. The highest BCUT2D eigenvalue weighted by Crippen LogP contribution is 2.34. The van der Waals surface area contributed by atoms with Crippen molar-refractivity contribution in [1.29, 1.82) is 0 Å². The zero-order valence-electron chi connectivity index (χ0n) is 9.60. The van der Waals surface area contributed by atoms with Crippen LogP contribution in [-0.2, 0) is 4.57 Å². The molecule has 0 saturated heterocycles. The van der Waals surface area contributed by atoms with Gasteiger partial charge in [0.1, 0.15) is 5.75 Å². The summed E-state index contributed by atoms with van der Waals surface area (Å²) in [5.41, 5.74) is 0.485. The van der Waals surface area contributed by atoms with E-state index in [0.29, 0.717) is 11.3 Å². The van der Waals surface area contributed by atoms with Gasteiger partial charge in [-0.05, 0) is 17.7 Å². The van der Waals surface area contributed by atoms with Crippen LogP contribution in [0.2, 0.25) is 0 Å². The molecule has 4 nitrogen and oxygen atoms in total. The Hall–Kier alpha value is -1.61. The molecular formula is C13H15O4P. The lowest BCUT2D eigenvalue weighted by atomic mass is 10.2. The highest BCUT2D eigenvalue weighted by molar-refractivity contribution is 7.38. The molecule has 0 spiro atoms. The third-order valence-electron chi connectivity index (χ3n) is 2.11. The number of aliphatic hydroxyl groups is 1. The summed E-state index contributed by atoms with van der Waals surface area (Å²) in [5, 5.41) is 17.7. The van der Waals surface area contributed by atoms with Gasteiger partial charge in [-0.25, -0.2) is 0 Å². The smallest absolute Gasteiger partial charge is 0.221 e. The fraction of sp³-hybridized carbons (Fsp3) is 0.0769. The highest BCUT2D eigenvalue weighted by atomic mass is 31.1. The molecule has 2 aromatic rings. The minimum atomic E-state index is -2.86. The zero-order chi connectivity index (χ0) is 13.4. The molecule has 2 aromatic carbocycles. The zero-order valence-corrected chi connectivity index (χ0v) is 10.6. The van der Waals surface area contributed by atoms with Crippen LogP contribution in [0.3, 0.4) is 0 Å². The van der Waals surface area contributed by atoms with Crippen molar-refractivity contribution >= 4 is 8.03 Å². The van der Waals surface area contributed by atoms with Crippen LogP contribution in [0.15, 0.2) is 60.7 Å². The summed E-state index contributed by atoms with van der Waals surface area (Å²) in [5.74, 6) is -0.899. The standard InChI is InChI=1S/C7H9O3P.C6H6O/c8-7(11(9)10)6-4-2-1-3-5-6;7-6-4-2-1-3-5-6/h1-5,7-8,11H,(H,9,10);1-5,7H. The predicted molar refractivity (Wildman–Crippen MR) is 70.7 cm³/mol. The maximum absolute atomic E-state index is 10.4. The number of hydrogen-bond acceptors (Lipinski definition) is 3. The van der Waals surface area contributed by atoms with Crippen LogP contribution in [-0.4, -0.2) is 15.1 Å². The van der Waals surface area contributed by atoms with Crippen LogP contribution >= 0.6 is 8.03 Å². The Balaban J connectivity index is 0.000000199. The van der Waals surface area contributed by atoms with Crippen LogP contribution in [0.5, 0.6) is 5.75 Å². The fourth-order valence-corrected chi connectivity index (χ4v) is 1.68. The Kier molecular flexibility index (Phi) is 6.15. The van der Waals surface area contributed by atoms with Gasteiger partial charge in [0, 0.05) is 0 Å². The van der Waals surface area contributed by atoms with Gasteiger partial charge in [0.25, 0.3) is 0 Å². The SMILES string of the molecule is O=[PH](O)C(O)c1ccccc1.Oc1ccccc1. The largest absolute Gasteiger partial charge is 0.508 e. The van der Waals surface area contributed by atoms with Crippen molar-refractivity contribution in [3.63, 3.8) is 0 Å². The van der Waals surface area contributed by atoms with E-state index in [9.17, 15) is 4.57 Å². The van der Waals surface area contributed by atoms with E-state index >= 15 is 0 Å². The van der Waals surface area contributed by atoms with Gasteiger partial charge >= 0.3 is 0 Å². The van der Waals surface area contributed by atoms with Crippen molar-refractivity contribution < 1.29 is 19.7 Å². The Bertz CT molecular complexity index is 473. The molecule has 0 aliphatic carbocycles. The van der Waals surface area contributed by atoms with Crippen molar-refractivity contribution in [3.8, 4) is 5.75 Å². The van der Waals surface area contributed by atoms with Crippen molar-refractivity contribution in [2.24, 2.45) is 0 Å². The minimum absolute atomic E-state index is 0.322. The molecule has 5 heteroatoms. The number of rotatable bonds is 2. The normalized spacial score (nSPS) is 13.0. The first-order valence-corrected chi connectivity index (χ1v) is 6.74. The maximum atomic E-state index is 10.4. The molecule has 0 radical (unpaired) electrons. The molecule has 3 N–H and O–H groups in total. The molecule has 2 rings (SSSR count). The summed E-state index contributed by atoms with van der Waals surface area (Å²) in [4.78, 5) is 8.57. The van der Waals surface area contributed by atoms with E-state index in [1.54, 1.807) is 54.6 Å². The number of para-hydroxylation sites is 1. The van der Waals surface area contributed by atoms with Gasteiger partial charge in [-0.3, -0.25) is 4.57 Å². The number of phenolic OH excluding ortho intramolecular Hbond substituents is 1. The first kappa shape index (κ1) is 14.5. The number of hydrogen-bond donors (Lipinski definition) is 3. The molecular weight excluding hydrogens is 251 g/mol. The Labute approximate surface area is 106 Å². The van der Waals surface area contributed by atoms with Crippen molar-refractivity contribution in [2.45, 2.75) is 5.85 Å². The quantitative estimate of drug-likeness (QED) is 0.730. The van der Waals surface area contributed by atoms with Gasteiger partial charge in [0.05, 0.1) is 0 Å². The molecule has 2 unspecified atom stereocenters. The third kappa shape index (κ3) is 5.15. The van der Waals surface area contributed by atoms with Gasteiger partial charge < -0.3 is 15.1 Å². The first-order valence-electron chi connectivity index (χ1n) is 5.31. The van der Waals surface area contributed by atoms with E-state index < -0.39 is 13.9 Å². The van der Waals surface area contributed by atoms with Crippen LogP contribution < -0.4 is 0 Å². The number of benzene rings is 2. The second kappa shape index (κ2) is 7.67. The molecule has 0 fully saturated rings. The lowest BCUT2D eigenvalue weighted by Crippen LogP contribution is -1.89. The molecule has 0 saturated carbocycles. The third-order valence-corrected chi connectivity index (χ3v) is 2.91. The van der Waals surface area contributed by atoms with Crippen LogP contribution in [0, 0.1) is 0 Å². The van der Waals surface area contributed by atoms with E-state index in [-0.39, 0.29) is 0 Å². The summed E-state index contributed by atoms with van der Waals surface area (Å²) in [6.45, 7) is 0. The summed E-state index contributed by atoms with van der Waals surface area (Å²) in [6.07, 6.45) is 0. The number of phenols is 1. The maximum Gasteiger partial charge on any atom is 0.221 e. The predicted octanol–water partition coefficient (Wildman–Crippen LogP) is 2.54. The van der Waals surface area contributed by atoms with E-state index in [1.165, 1.54) is 0 Å². The minimum Gasteiger partial charge on any atom is -0.508 e. The van der Waals surface area contributed by atoms with E-state index in [1.807, 2.05) is 6.07 Å². The number of aliphatic hydroxyl groups excluding tert-OH is 1. The summed E-state index contributed by atoms with van der Waals surface area (Å²) < 4.78 is 10.4. The molecule has 0 bridgehead atoms. The summed E-state index contributed by atoms with van der Waals surface area (Å²) in [7, 11) is -2.86. The molecule has 0 amide bonds. The van der Waals surface area contributed by atoms with Crippen molar-refractivity contribution in [1.82, 2.24) is 0 Å². The fourth-order valence-electron chi connectivity index (χ4n) is 1.21. The summed E-state index contributed by atoms with van der Waals surface area (Å²) in [6, 6.07) is 17.1. The monoisotopic (exact) mass is 266 g/mol. The van der Waals surface area contributed by atoms with Crippen molar-refractivity contribution in [2.75, 3.05) is 0 Å².